The summed E-state index contributed by atoms with van der Waals surface area (Å²) in [6, 6.07) is 0. The molecule has 0 aromatic rings. The number of carbonyl (C=O) groups is 1. The fourth-order valence-electron chi connectivity index (χ4n) is 2.52. The van der Waals surface area contributed by atoms with Crippen LogP contribution in [-0.4, -0.2) is 12.1 Å². The Labute approximate surface area is 87.0 Å². The molecule has 0 amide bonds. The minimum absolute atomic E-state index is 0.0899. The molecule has 0 unspecified atom stereocenters. The van der Waals surface area contributed by atoms with Crippen molar-refractivity contribution in [2.45, 2.75) is 59.5 Å². The second-order valence-electron chi connectivity index (χ2n) is 5.34. The first kappa shape index (κ1) is 11.5. The van der Waals surface area contributed by atoms with E-state index in [4.69, 9.17) is 4.74 Å². The predicted octanol–water partition coefficient (Wildman–Crippen LogP) is 3.15. The first-order chi connectivity index (χ1) is 6.41. The maximum absolute atomic E-state index is 10.8. The number of ether oxygens (including phenoxy) is 1. The molecule has 0 radical (unpaired) electrons. The largest absolute Gasteiger partial charge is 0.463 e. The number of hydrogen-bond donors (Lipinski definition) is 0. The van der Waals surface area contributed by atoms with E-state index in [1.807, 2.05) is 6.92 Å². The van der Waals surface area contributed by atoms with E-state index in [0.29, 0.717) is 11.3 Å². The van der Waals surface area contributed by atoms with Gasteiger partial charge < -0.3 is 4.74 Å². The highest BCUT2D eigenvalue weighted by Gasteiger charge is 2.31. The fourth-order valence-corrected chi connectivity index (χ4v) is 2.52. The Balaban J connectivity index is 2.47. The summed E-state index contributed by atoms with van der Waals surface area (Å²) in [7, 11) is 0. The molecule has 82 valence electrons. The summed E-state index contributed by atoms with van der Waals surface area (Å²) < 4.78 is 5.24. The van der Waals surface area contributed by atoms with E-state index < -0.39 is 0 Å². The molecule has 1 rings (SSSR count). The van der Waals surface area contributed by atoms with Crippen LogP contribution in [0, 0.1) is 11.3 Å². The second kappa shape index (κ2) is 4.33. The van der Waals surface area contributed by atoms with Crippen molar-refractivity contribution in [3.8, 4) is 0 Å². The van der Waals surface area contributed by atoms with Gasteiger partial charge in [0.2, 0.25) is 0 Å². The Kier molecular flexibility index (Phi) is 3.57. The fraction of sp³-hybridized carbons (Fsp3) is 0.917. The van der Waals surface area contributed by atoms with Gasteiger partial charge in [-0.05, 0) is 37.5 Å². The zero-order chi connectivity index (χ0) is 10.8. The van der Waals surface area contributed by atoms with Crippen molar-refractivity contribution in [2.75, 3.05) is 0 Å². The Hall–Kier alpha value is -0.530. The molecule has 2 heteroatoms. The monoisotopic (exact) mass is 198 g/mol. The van der Waals surface area contributed by atoms with Crippen LogP contribution in [0.5, 0.6) is 0 Å². The van der Waals surface area contributed by atoms with Crippen LogP contribution in [0.1, 0.15) is 53.4 Å². The van der Waals surface area contributed by atoms with E-state index in [1.165, 1.54) is 32.6 Å². The second-order valence-corrected chi connectivity index (χ2v) is 5.34. The average molecular weight is 198 g/mol. The molecule has 2 nitrogen and oxygen atoms in total. The van der Waals surface area contributed by atoms with Gasteiger partial charge in [0.15, 0.2) is 0 Å². The van der Waals surface area contributed by atoms with Gasteiger partial charge in [-0.2, -0.15) is 0 Å². The highest BCUT2D eigenvalue weighted by Crippen LogP contribution is 2.40. The summed E-state index contributed by atoms with van der Waals surface area (Å²) in [6.07, 6.45) is 5.05. The maximum atomic E-state index is 10.8. The molecule has 0 N–H and O–H groups in total. The van der Waals surface area contributed by atoms with Crippen molar-refractivity contribution in [1.82, 2.24) is 0 Å². The van der Waals surface area contributed by atoms with E-state index in [2.05, 4.69) is 13.8 Å². The molecule has 1 saturated carbocycles. The van der Waals surface area contributed by atoms with Gasteiger partial charge in [0, 0.05) is 6.92 Å². The average Bonchev–Trinajstić information content (AvgIpc) is 2.01. The summed E-state index contributed by atoms with van der Waals surface area (Å²) in [5.41, 5.74) is 0.428. The zero-order valence-corrected chi connectivity index (χ0v) is 9.80. The SMILES string of the molecule is CC(=O)O[C@@H](C)[C@@H]1CCCC(C)(C)C1. The third kappa shape index (κ3) is 3.32. The zero-order valence-electron chi connectivity index (χ0n) is 9.80. The van der Waals surface area contributed by atoms with Crippen molar-refractivity contribution in [3.63, 3.8) is 0 Å². The van der Waals surface area contributed by atoms with Crippen LogP contribution in [0.25, 0.3) is 0 Å². The van der Waals surface area contributed by atoms with E-state index >= 15 is 0 Å². The highest BCUT2D eigenvalue weighted by molar-refractivity contribution is 5.66. The van der Waals surface area contributed by atoms with Gasteiger partial charge in [-0.3, -0.25) is 4.79 Å². The van der Waals surface area contributed by atoms with Crippen LogP contribution in [0.4, 0.5) is 0 Å². The lowest BCUT2D eigenvalue weighted by Crippen LogP contribution is -2.31. The van der Waals surface area contributed by atoms with Gasteiger partial charge in [-0.15, -0.1) is 0 Å². The number of hydrogen-bond acceptors (Lipinski definition) is 2. The van der Waals surface area contributed by atoms with Crippen LogP contribution >= 0.6 is 0 Å². The van der Waals surface area contributed by atoms with Crippen LogP contribution < -0.4 is 0 Å². The number of esters is 1. The normalized spacial score (nSPS) is 28.1. The predicted molar refractivity (Wildman–Crippen MR) is 57.0 cm³/mol. The lowest BCUT2D eigenvalue weighted by molar-refractivity contribution is -0.149. The molecule has 0 aromatic carbocycles. The lowest BCUT2D eigenvalue weighted by atomic mass is 9.71. The quantitative estimate of drug-likeness (QED) is 0.637. The molecular formula is C12H22O2. The summed E-state index contributed by atoms with van der Waals surface area (Å²) >= 11 is 0. The first-order valence-corrected chi connectivity index (χ1v) is 5.58. The van der Waals surface area contributed by atoms with E-state index in [0.717, 1.165) is 0 Å². The summed E-state index contributed by atoms with van der Waals surface area (Å²) in [4.78, 5) is 10.8. The van der Waals surface area contributed by atoms with Crippen molar-refractivity contribution in [3.05, 3.63) is 0 Å². The minimum atomic E-state index is -0.152. The smallest absolute Gasteiger partial charge is 0.302 e. The van der Waals surface area contributed by atoms with Crippen LogP contribution in [0.3, 0.4) is 0 Å². The molecular weight excluding hydrogens is 176 g/mol. The van der Waals surface area contributed by atoms with Crippen molar-refractivity contribution >= 4 is 5.97 Å². The Morgan fingerprint density at radius 1 is 1.50 bits per heavy atom. The third-order valence-electron chi connectivity index (χ3n) is 3.26. The summed E-state index contributed by atoms with van der Waals surface area (Å²) in [6.45, 7) is 8.12. The standard InChI is InChI=1S/C12H22O2/c1-9(14-10(2)13)11-6-5-7-12(3,4)8-11/h9,11H,5-8H2,1-4H3/t9-,11+/m0/s1. The molecule has 0 spiro atoms. The van der Waals surface area contributed by atoms with Gasteiger partial charge >= 0.3 is 5.97 Å². The maximum Gasteiger partial charge on any atom is 0.302 e. The Bertz CT molecular complexity index is 208. The van der Waals surface area contributed by atoms with Crippen molar-refractivity contribution < 1.29 is 9.53 Å². The van der Waals surface area contributed by atoms with Gasteiger partial charge in [0.05, 0.1) is 0 Å². The molecule has 0 aliphatic heterocycles. The molecule has 1 aliphatic carbocycles. The van der Waals surface area contributed by atoms with Gasteiger partial charge in [-0.1, -0.05) is 20.3 Å². The number of carbonyl (C=O) groups excluding carboxylic acids is 1. The molecule has 1 aliphatic rings. The Morgan fingerprint density at radius 2 is 2.14 bits per heavy atom. The minimum Gasteiger partial charge on any atom is -0.463 e. The Morgan fingerprint density at radius 3 is 2.64 bits per heavy atom. The lowest BCUT2D eigenvalue weighted by Gasteiger charge is -2.37. The van der Waals surface area contributed by atoms with E-state index in [-0.39, 0.29) is 12.1 Å². The van der Waals surface area contributed by atoms with E-state index in [1.54, 1.807) is 0 Å². The van der Waals surface area contributed by atoms with Crippen LogP contribution in [0.15, 0.2) is 0 Å². The third-order valence-corrected chi connectivity index (χ3v) is 3.26. The first-order valence-electron chi connectivity index (χ1n) is 5.58. The molecule has 1 fully saturated rings. The van der Waals surface area contributed by atoms with Crippen molar-refractivity contribution in [2.24, 2.45) is 11.3 Å². The molecule has 0 aromatic heterocycles. The molecule has 14 heavy (non-hydrogen) atoms. The number of rotatable bonds is 2. The van der Waals surface area contributed by atoms with Gasteiger partial charge in [0.25, 0.3) is 0 Å². The van der Waals surface area contributed by atoms with E-state index in [9.17, 15) is 4.79 Å². The summed E-state index contributed by atoms with van der Waals surface area (Å²) in [5, 5.41) is 0. The molecule has 0 bridgehead atoms. The molecule has 0 saturated heterocycles. The van der Waals surface area contributed by atoms with Gasteiger partial charge in [-0.25, -0.2) is 0 Å². The van der Waals surface area contributed by atoms with Crippen molar-refractivity contribution in [1.29, 1.82) is 0 Å². The van der Waals surface area contributed by atoms with Crippen LogP contribution in [0.2, 0.25) is 0 Å². The topological polar surface area (TPSA) is 26.3 Å². The highest BCUT2D eigenvalue weighted by atomic mass is 16.5. The summed E-state index contributed by atoms with van der Waals surface area (Å²) in [5.74, 6) is 0.406. The van der Waals surface area contributed by atoms with Gasteiger partial charge in [0.1, 0.15) is 6.10 Å². The molecule has 0 heterocycles. The molecule has 2 atom stereocenters. The van der Waals surface area contributed by atoms with Crippen LogP contribution in [-0.2, 0) is 9.53 Å².